The Labute approximate surface area is 117 Å². The second kappa shape index (κ2) is 6.33. The van der Waals surface area contributed by atoms with Gasteiger partial charge in [0.2, 0.25) is 0 Å². The maximum Gasteiger partial charge on any atom is 0.257 e. The number of benzene rings is 2. The first kappa shape index (κ1) is 13.5. The van der Waals surface area contributed by atoms with Crippen LogP contribution in [-0.4, -0.2) is 11.9 Å². The first-order valence-electron chi connectivity index (χ1n) is 6.15. The quantitative estimate of drug-likeness (QED) is 0.509. The number of carbonyl (C=O) groups excluding carboxylic acids is 1. The molecule has 3 N–H and O–H groups in total. The van der Waals surface area contributed by atoms with E-state index in [0.717, 1.165) is 10.5 Å². The minimum absolute atomic E-state index is 0.307. The topological polar surface area (TPSA) is 70.2 Å². The van der Waals surface area contributed by atoms with E-state index in [1.54, 1.807) is 30.3 Å². The van der Waals surface area contributed by atoms with Crippen LogP contribution in [-0.2, 0) is 4.79 Å². The van der Waals surface area contributed by atoms with Gasteiger partial charge in [-0.15, -0.1) is 0 Å². The van der Waals surface area contributed by atoms with Crippen molar-refractivity contribution in [1.82, 2.24) is 0 Å². The van der Waals surface area contributed by atoms with Crippen LogP contribution in [0.15, 0.2) is 66.7 Å². The van der Waals surface area contributed by atoms with Gasteiger partial charge in [0, 0.05) is 6.08 Å². The lowest BCUT2D eigenvalue weighted by molar-refractivity contribution is -0.113. The minimum Gasteiger partial charge on any atom is -0.369 e. The molecule has 2 rings (SSSR count). The highest BCUT2D eigenvalue weighted by atomic mass is 16.2. The molecule has 0 aliphatic rings. The van der Waals surface area contributed by atoms with Crippen LogP contribution in [0.5, 0.6) is 0 Å². The average molecular weight is 265 g/mol. The van der Waals surface area contributed by atoms with Crippen molar-refractivity contribution < 1.29 is 4.79 Å². The van der Waals surface area contributed by atoms with Crippen molar-refractivity contribution in [3.63, 3.8) is 0 Å². The summed E-state index contributed by atoms with van der Waals surface area (Å²) < 4.78 is 0. The highest BCUT2D eigenvalue weighted by Gasteiger charge is 2.15. The maximum absolute atomic E-state index is 12.2. The molecule has 0 radical (unpaired) electrons. The van der Waals surface area contributed by atoms with Crippen molar-refractivity contribution in [1.29, 1.82) is 5.41 Å². The van der Waals surface area contributed by atoms with Crippen molar-refractivity contribution in [3.05, 3.63) is 72.3 Å². The van der Waals surface area contributed by atoms with Crippen LogP contribution in [0.4, 0.5) is 5.69 Å². The number of rotatable bonds is 3. The van der Waals surface area contributed by atoms with Gasteiger partial charge in [-0.1, -0.05) is 48.5 Å². The summed E-state index contributed by atoms with van der Waals surface area (Å²) in [7, 11) is 0. The molecule has 4 heteroatoms. The summed E-state index contributed by atoms with van der Waals surface area (Å²) >= 11 is 0. The number of guanidine groups is 1. The predicted molar refractivity (Wildman–Crippen MR) is 81.3 cm³/mol. The van der Waals surface area contributed by atoms with Crippen molar-refractivity contribution >= 4 is 23.6 Å². The summed E-state index contributed by atoms with van der Waals surface area (Å²) in [6, 6.07) is 18.4. The van der Waals surface area contributed by atoms with Gasteiger partial charge in [-0.3, -0.25) is 10.2 Å². The Kier molecular flexibility index (Phi) is 4.29. The average Bonchev–Trinajstić information content (AvgIpc) is 2.47. The molecule has 100 valence electrons. The Balaban J connectivity index is 2.21. The molecule has 0 spiro atoms. The number of nitrogens with one attached hydrogen (secondary N) is 1. The standard InChI is InChI=1S/C16H15N3O/c17-16(18)19(14-9-5-2-6-10-14)15(20)12-11-13-7-3-1-4-8-13/h1-12H,(H3,17,18)/b12-11+. The molecule has 0 bridgehead atoms. The molecular weight excluding hydrogens is 250 g/mol. The fourth-order valence-corrected chi connectivity index (χ4v) is 1.77. The number of nitrogens with zero attached hydrogens (tertiary/aromatic N) is 1. The van der Waals surface area contributed by atoms with Gasteiger partial charge in [0.05, 0.1) is 5.69 Å². The molecule has 1 amide bonds. The van der Waals surface area contributed by atoms with E-state index in [0.29, 0.717) is 5.69 Å². The number of anilines is 1. The van der Waals surface area contributed by atoms with Gasteiger partial charge < -0.3 is 5.73 Å². The number of hydrogen-bond donors (Lipinski definition) is 2. The van der Waals surface area contributed by atoms with Gasteiger partial charge in [0.25, 0.3) is 5.91 Å². The molecule has 20 heavy (non-hydrogen) atoms. The molecule has 0 atom stereocenters. The lowest BCUT2D eigenvalue weighted by Gasteiger charge is -2.18. The monoisotopic (exact) mass is 265 g/mol. The second-order valence-corrected chi connectivity index (χ2v) is 4.14. The molecule has 0 aliphatic carbocycles. The summed E-state index contributed by atoms with van der Waals surface area (Å²) in [6.45, 7) is 0. The van der Waals surface area contributed by atoms with Crippen molar-refractivity contribution in [3.8, 4) is 0 Å². The van der Waals surface area contributed by atoms with Crippen LogP contribution in [0.1, 0.15) is 5.56 Å². The van der Waals surface area contributed by atoms with E-state index in [9.17, 15) is 4.79 Å². The third-order valence-corrected chi connectivity index (χ3v) is 2.69. The Bertz CT molecular complexity index is 621. The Hall–Kier alpha value is -2.88. The number of amides is 1. The van der Waals surface area contributed by atoms with Gasteiger partial charge in [-0.25, -0.2) is 4.90 Å². The fourth-order valence-electron chi connectivity index (χ4n) is 1.77. The molecule has 2 aromatic rings. The molecule has 0 heterocycles. The van der Waals surface area contributed by atoms with E-state index in [4.69, 9.17) is 11.1 Å². The van der Waals surface area contributed by atoms with Gasteiger partial charge in [0.15, 0.2) is 5.96 Å². The first-order chi connectivity index (χ1) is 9.68. The number of para-hydroxylation sites is 1. The van der Waals surface area contributed by atoms with Crippen LogP contribution in [0.25, 0.3) is 6.08 Å². The smallest absolute Gasteiger partial charge is 0.257 e. The molecule has 0 aromatic heterocycles. The van der Waals surface area contributed by atoms with Crippen LogP contribution in [0.2, 0.25) is 0 Å². The summed E-state index contributed by atoms with van der Waals surface area (Å²) in [5.41, 5.74) is 6.98. The molecule has 4 nitrogen and oxygen atoms in total. The van der Waals surface area contributed by atoms with Crippen LogP contribution < -0.4 is 10.6 Å². The van der Waals surface area contributed by atoms with E-state index in [1.165, 1.54) is 6.08 Å². The van der Waals surface area contributed by atoms with Crippen LogP contribution in [0.3, 0.4) is 0 Å². The highest BCUT2D eigenvalue weighted by Crippen LogP contribution is 2.13. The van der Waals surface area contributed by atoms with E-state index >= 15 is 0 Å². The molecule has 0 fully saturated rings. The molecule has 2 aromatic carbocycles. The summed E-state index contributed by atoms with van der Waals surface area (Å²) in [4.78, 5) is 13.3. The zero-order valence-corrected chi connectivity index (χ0v) is 10.9. The lowest BCUT2D eigenvalue weighted by atomic mass is 10.2. The van der Waals surface area contributed by atoms with Crippen LogP contribution >= 0.6 is 0 Å². The van der Waals surface area contributed by atoms with E-state index < -0.39 is 0 Å². The van der Waals surface area contributed by atoms with E-state index in [2.05, 4.69) is 0 Å². The zero-order chi connectivity index (χ0) is 14.4. The van der Waals surface area contributed by atoms with Crippen LogP contribution in [0, 0.1) is 5.41 Å². The van der Waals surface area contributed by atoms with Crippen molar-refractivity contribution in [2.75, 3.05) is 4.90 Å². The van der Waals surface area contributed by atoms with Gasteiger partial charge in [-0.05, 0) is 23.8 Å². The SMILES string of the molecule is N=C(N)N(C(=O)/C=C/c1ccccc1)c1ccccc1. The van der Waals surface area contributed by atoms with Crippen molar-refractivity contribution in [2.24, 2.45) is 5.73 Å². The Morgan fingerprint density at radius 3 is 2.10 bits per heavy atom. The summed E-state index contributed by atoms with van der Waals surface area (Å²) in [5, 5.41) is 7.55. The highest BCUT2D eigenvalue weighted by molar-refractivity contribution is 6.19. The number of hydrogen-bond acceptors (Lipinski definition) is 2. The zero-order valence-electron chi connectivity index (χ0n) is 10.9. The number of nitrogens with two attached hydrogens (primary N) is 1. The van der Waals surface area contributed by atoms with E-state index in [-0.39, 0.29) is 11.9 Å². The Morgan fingerprint density at radius 2 is 1.55 bits per heavy atom. The number of carbonyl (C=O) groups is 1. The Morgan fingerprint density at radius 1 is 1.00 bits per heavy atom. The fraction of sp³-hybridized carbons (Fsp3) is 0. The normalized spacial score (nSPS) is 10.4. The van der Waals surface area contributed by atoms with Gasteiger partial charge in [-0.2, -0.15) is 0 Å². The summed E-state index contributed by atoms with van der Waals surface area (Å²) in [5.74, 6) is -0.661. The predicted octanol–water partition coefficient (Wildman–Crippen LogP) is 2.63. The third kappa shape index (κ3) is 3.32. The second-order valence-electron chi connectivity index (χ2n) is 4.14. The van der Waals surface area contributed by atoms with E-state index in [1.807, 2.05) is 36.4 Å². The molecule has 0 saturated carbocycles. The van der Waals surface area contributed by atoms with Gasteiger partial charge >= 0.3 is 0 Å². The maximum atomic E-state index is 12.2. The minimum atomic E-state index is -0.354. The van der Waals surface area contributed by atoms with Crippen molar-refractivity contribution in [2.45, 2.75) is 0 Å². The summed E-state index contributed by atoms with van der Waals surface area (Å²) in [6.07, 6.45) is 3.10. The third-order valence-electron chi connectivity index (χ3n) is 2.69. The first-order valence-corrected chi connectivity index (χ1v) is 6.15. The van der Waals surface area contributed by atoms with Gasteiger partial charge in [0.1, 0.15) is 0 Å². The molecule has 0 aliphatic heterocycles. The largest absolute Gasteiger partial charge is 0.369 e. The molecule has 0 unspecified atom stereocenters. The molecule has 0 saturated heterocycles. The lowest BCUT2D eigenvalue weighted by Crippen LogP contribution is -2.40. The molecular formula is C16H15N3O.